The van der Waals surface area contributed by atoms with Crippen molar-refractivity contribution in [3.8, 4) is 0 Å². The first-order chi connectivity index (χ1) is 5.17. The van der Waals surface area contributed by atoms with Crippen LogP contribution in [0.4, 0.5) is 13.2 Å². The molecule has 1 atom stereocenters. The Balaban J connectivity index is 4.37. The quantitative estimate of drug-likeness (QED) is 0.321. The van der Waals surface area contributed by atoms with Gasteiger partial charge >= 0.3 is 23.9 Å². The Kier molecular flexibility index (Phi) is 3.66. The van der Waals surface area contributed by atoms with Crippen molar-refractivity contribution in [2.75, 3.05) is 0 Å². The topological polar surface area (TPSA) is 89.9 Å². The fourth-order valence-corrected chi connectivity index (χ4v) is 0.781. The molecule has 74 valence electrons. The summed E-state index contributed by atoms with van der Waals surface area (Å²) >= 11 is 0. The number of halogens is 3. The van der Waals surface area contributed by atoms with Crippen molar-refractivity contribution >= 4 is 18.4 Å². The van der Waals surface area contributed by atoms with Gasteiger partial charge in [0.1, 0.15) is 0 Å². The van der Waals surface area contributed by atoms with Gasteiger partial charge in [-0.05, 0) is 0 Å². The molecule has 0 aromatic carbocycles. The largest absolute Gasteiger partial charge is 0.525 e. The minimum atomic E-state index is -5.95. The predicted molar refractivity (Wildman–Crippen MR) is 28.4 cm³/mol. The molecule has 0 aliphatic heterocycles. The second kappa shape index (κ2) is 3.71. The van der Waals surface area contributed by atoms with Gasteiger partial charge in [0.05, 0.1) is 0 Å². The number of hydrogen-bond acceptors (Lipinski definition) is 5. The van der Waals surface area contributed by atoms with E-state index in [1.165, 1.54) is 0 Å². The highest BCUT2D eigenvalue weighted by molar-refractivity contribution is 7.87. The third kappa shape index (κ3) is 3.50. The van der Waals surface area contributed by atoms with Crippen LogP contribution in [0.25, 0.3) is 0 Å². The molecule has 0 aromatic heterocycles. The molecule has 1 unspecified atom stereocenters. The van der Waals surface area contributed by atoms with E-state index in [2.05, 4.69) is 9.01 Å². The summed E-state index contributed by atoms with van der Waals surface area (Å²) in [7, 11) is -9.83. The van der Waals surface area contributed by atoms with Crippen LogP contribution < -0.4 is 0 Å². The summed E-state index contributed by atoms with van der Waals surface area (Å²) in [4.78, 5) is 7.75. The molecule has 0 aliphatic rings. The molecule has 0 bridgehead atoms. The highest BCUT2D eigenvalue weighted by Crippen LogP contribution is 2.27. The Hall–Kier alpha value is -0.150. The molecule has 1 N–H and O–H groups in total. The molecule has 0 aliphatic carbocycles. The summed E-state index contributed by atoms with van der Waals surface area (Å²) in [6, 6.07) is 0. The molecule has 0 aromatic rings. The van der Waals surface area contributed by atoms with Gasteiger partial charge in [-0.1, -0.05) is 4.33 Å². The Labute approximate surface area is 64.9 Å². The summed E-state index contributed by atoms with van der Waals surface area (Å²) in [6.45, 7) is 0. The van der Waals surface area contributed by atoms with Crippen LogP contribution in [0, 0.1) is 0 Å². The van der Waals surface area contributed by atoms with Crippen molar-refractivity contribution in [2.24, 2.45) is 0 Å². The normalized spacial score (nSPS) is 16.0. The van der Waals surface area contributed by atoms with Crippen molar-refractivity contribution in [3.63, 3.8) is 0 Å². The maximum absolute atomic E-state index is 11.3. The summed E-state index contributed by atoms with van der Waals surface area (Å²) in [5.41, 5.74) is -5.68. The van der Waals surface area contributed by atoms with E-state index in [0.29, 0.717) is 0 Å². The van der Waals surface area contributed by atoms with Crippen molar-refractivity contribution in [1.82, 2.24) is 0 Å². The van der Waals surface area contributed by atoms with Crippen LogP contribution in [-0.2, 0) is 23.7 Å². The Bertz CT molecular complexity index is 265. The first kappa shape index (κ1) is 11.8. The van der Waals surface area contributed by atoms with Gasteiger partial charge in [0.15, 0.2) is 0 Å². The summed E-state index contributed by atoms with van der Waals surface area (Å²) < 4.78 is 68.8. The van der Waals surface area contributed by atoms with E-state index in [9.17, 15) is 26.2 Å². The van der Waals surface area contributed by atoms with E-state index in [4.69, 9.17) is 4.89 Å². The van der Waals surface area contributed by atoms with Gasteiger partial charge in [-0.2, -0.15) is 21.6 Å². The second-order valence-electron chi connectivity index (χ2n) is 1.32. The van der Waals surface area contributed by atoms with Crippen LogP contribution in [0.5, 0.6) is 0 Å². The van der Waals surface area contributed by atoms with E-state index in [1.54, 1.807) is 0 Å². The zero-order valence-electron chi connectivity index (χ0n) is 5.03. The molecule has 0 saturated carbocycles. The van der Waals surface area contributed by atoms with E-state index >= 15 is 0 Å². The minimum absolute atomic E-state index is 2.69. The molecule has 6 nitrogen and oxygen atoms in total. The lowest BCUT2D eigenvalue weighted by Gasteiger charge is -2.04. The smallest absolute Gasteiger partial charge is 0.325 e. The van der Waals surface area contributed by atoms with Crippen molar-refractivity contribution in [2.45, 2.75) is 5.51 Å². The second-order valence-corrected chi connectivity index (χ2v) is 3.52. The Morgan fingerprint density at radius 2 is 1.75 bits per heavy atom. The Morgan fingerprint density at radius 1 is 1.33 bits per heavy atom. The summed E-state index contributed by atoms with van der Waals surface area (Å²) in [6.07, 6.45) is 0. The summed E-state index contributed by atoms with van der Waals surface area (Å²) in [5.74, 6) is 0. The van der Waals surface area contributed by atoms with Crippen LogP contribution in [0.1, 0.15) is 0 Å². The predicted octanol–water partition coefficient (Wildman–Crippen LogP) is 0.166. The molecular weight excluding hydrogens is 228 g/mol. The molecule has 0 fully saturated rings. The SMILES string of the molecule is O=[PH](O)OOS(=O)(=O)C(F)(F)F. The standard InChI is InChI=1S/CH2F3O6PS/c2-1(3,4)12(7,8)10-9-11(5)6/h11H,(H,5,6). The van der Waals surface area contributed by atoms with Crippen molar-refractivity contribution < 1.29 is 40.1 Å². The zero-order valence-corrected chi connectivity index (χ0v) is 6.85. The molecule has 0 heterocycles. The van der Waals surface area contributed by atoms with Gasteiger partial charge in [0.25, 0.3) is 0 Å². The number of alkyl halides is 3. The average molecular weight is 230 g/mol. The minimum Gasteiger partial charge on any atom is -0.325 e. The Morgan fingerprint density at radius 3 is 2.00 bits per heavy atom. The fourth-order valence-electron chi connectivity index (χ4n) is 0.112. The molecule has 0 amide bonds. The van der Waals surface area contributed by atoms with Crippen LogP contribution in [0.3, 0.4) is 0 Å². The van der Waals surface area contributed by atoms with E-state index < -0.39 is 23.9 Å². The third-order valence-electron chi connectivity index (χ3n) is 0.478. The molecule has 11 heteroatoms. The first-order valence-corrected chi connectivity index (χ1v) is 4.74. The third-order valence-corrected chi connectivity index (χ3v) is 1.64. The molecule has 0 saturated heterocycles. The van der Waals surface area contributed by atoms with Gasteiger partial charge in [0, 0.05) is 0 Å². The van der Waals surface area contributed by atoms with Gasteiger partial charge < -0.3 is 4.89 Å². The molecule has 0 spiro atoms. The lowest BCUT2D eigenvalue weighted by molar-refractivity contribution is -0.129. The summed E-state index contributed by atoms with van der Waals surface area (Å²) in [5, 5.41) is 0. The molecule has 0 radical (unpaired) electrons. The lowest BCUT2D eigenvalue weighted by atomic mass is 11.6. The zero-order chi connectivity index (χ0) is 9.99. The number of hydrogen-bond donors (Lipinski definition) is 1. The van der Waals surface area contributed by atoms with Gasteiger partial charge in [-0.15, -0.1) is 4.67 Å². The highest BCUT2D eigenvalue weighted by Gasteiger charge is 2.48. The van der Waals surface area contributed by atoms with E-state index in [0.717, 1.165) is 0 Å². The van der Waals surface area contributed by atoms with Crippen molar-refractivity contribution in [1.29, 1.82) is 0 Å². The maximum atomic E-state index is 11.3. The van der Waals surface area contributed by atoms with Crippen LogP contribution in [0.2, 0.25) is 0 Å². The first-order valence-electron chi connectivity index (χ1n) is 2.07. The fraction of sp³-hybridized carbons (Fsp3) is 1.00. The van der Waals surface area contributed by atoms with Crippen LogP contribution >= 0.6 is 8.25 Å². The van der Waals surface area contributed by atoms with Gasteiger partial charge in [-0.25, -0.2) is 0 Å². The molecule has 0 rings (SSSR count). The highest BCUT2D eigenvalue weighted by atomic mass is 32.2. The number of rotatable bonds is 3. The van der Waals surface area contributed by atoms with Crippen molar-refractivity contribution in [3.05, 3.63) is 0 Å². The lowest BCUT2D eigenvalue weighted by Crippen LogP contribution is -2.24. The molecule has 12 heavy (non-hydrogen) atoms. The monoisotopic (exact) mass is 230 g/mol. The van der Waals surface area contributed by atoms with E-state index in [-0.39, 0.29) is 0 Å². The maximum Gasteiger partial charge on any atom is 0.525 e. The van der Waals surface area contributed by atoms with Crippen LogP contribution in [-0.4, -0.2) is 18.8 Å². The van der Waals surface area contributed by atoms with Gasteiger partial charge in [-0.3, -0.25) is 4.57 Å². The average Bonchev–Trinajstić information content (AvgIpc) is 1.81. The van der Waals surface area contributed by atoms with Gasteiger partial charge in [0.2, 0.25) is 0 Å². The van der Waals surface area contributed by atoms with Crippen LogP contribution in [0.15, 0.2) is 0 Å². The molecular formula is CH2F3O6PS. The van der Waals surface area contributed by atoms with E-state index in [1.807, 2.05) is 0 Å².